The van der Waals surface area contributed by atoms with Crippen LogP contribution in [0.15, 0.2) is 24.3 Å². The predicted molar refractivity (Wildman–Crippen MR) is 268 cm³/mol. The zero-order valence-corrected chi connectivity index (χ0v) is 45.4. The third-order valence-corrected chi connectivity index (χ3v) is 21.6. The number of ether oxygens (including phenoxy) is 15. The van der Waals surface area contributed by atoms with Crippen molar-refractivity contribution in [1.29, 1.82) is 0 Å². The second kappa shape index (κ2) is 19.4. The van der Waals surface area contributed by atoms with Crippen LogP contribution in [0.5, 0.6) is 0 Å². The van der Waals surface area contributed by atoms with Gasteiger partial charge in [-0.1, -0.05) is 40.9 Å². The van der Waals surface area contributed by atoms with Gasteiger partial charge in [-0.05, 0) is 80.3 Å². The summed E-state index contributed by atoms with van der Waals surface area (Å²) in [5.41, 5.74) is 2.16. The summed E-state index contributed by atoms with van der Waals surface area (Å²) in [5, 5.41) is 20.6. The first-order valence-electron chi connectivity index (χ1n) is 30.2. The average molecular weight is 1080 g/mol. The van der Waals surface area contributed by atoms with Crippen molar-refractivity contribution in [1.82, 2.24) is 0 Å². The van der Waals surface area contributed by atoms with Gasteiger partial charge < -0.3 is 81.3 Å². The minimum Gasteiger partial charge on any atom is -0.459 e. The van der Waals surface area contributed by atoms with Crippen molar-refractivity contribution in [2.75, 3.05) is 6.61 Å². The van der Waals surface area contributed by atoms with Crippen LogP contribution in [0.1, 0.15) is 143 Å². The Balaban J connectivity index is 0.664. The van der Waals surface area contributed by atoms with E-state index in [2.05, 4.69) is 40.9 Å². The normalized spacial score (nSPS) is 58.6. The van der Waals surface area contributed by atoms with Crippen molar-refractivity contribution in [3.8, 4) is 0 Å². The number of carbonyl (C=O) groups is 1. The molecule has 16 aliphatic heterocycles. The summed E-state index contributed by atoms with van der Waals surface area (Å²) in [6.07, 6.45) is 4.13. The number of aliphatic hydroxyl groups excluding tert-OH is 2. The summed E-state index contributed by atoms with van der Waals surface area (Å²) in [6, 6.07) is 0. The summed E-state index contributed by atoms with van der Waals surface area (Å²) >= 11 is 0. The SMILES string of the molecule is C=C1C[C@@H]2CC[C@@]34CC5O[C@H]6[C@@H](O3)[C@H]3O[C@H](CC[C@@H]3O[C@H]6C5O4)CC(=O)O[C@@H]3[C@@H](C)[C@@H]4O[C@@H]5C[C@]6(C[C@@H]7O[C@]8(C[C@H](C)[C@@H]9O[C@H](CCO)[C@H](O)C[C@@H]9O8)C[C@H](C)[C@@H]7O6)O[C@@H]5C[C@@H]4O[C@H]3C[C@H]3O[C@@H](CC[C@@H]1O2)C[C@@H](C)C3=C. The lowest BCUT2D eigenvalue weighted by atomic mass is 9.78. The van der Waals surface area contributed by atoms with E-state index in [-0.39, 0.29) is 146 Å². The Morgan fingerprint density at radius 2 is 1.17 bits per heavy atom. The highest BCUT2D eigenvalue weighted by molar-refractivity contribution is 5.70. The van der Waals surface area contributed by atoms with Crippen LogP contribution in [0.2, 0.25) is 0 Å². The second-order valence-electron chi connectivity index (χ2n) is 27.0. The van der Waals surface area contributed by atoms with E-state index in [9.17, 15) is 15.0 Å². The van der Waals surface area contributed by atoms with Crippen LogP contribution in [-0.2, 0) is 75.8 Å². The van der Waals surface area contributed by atoms with Crippen molar-refractivity contribution in [3.05, 3.63) is 24.3 Å². The summed E-state index contributed by atoms with van der Waals surface area (Å²) in [5.74, 6) is -2.66. The van der Waals surface area contributed by atoms with Gasteiger partial charge in [-0.15, -0.1) is 0 Å². The zero-order valence-electron chi connectivity index (χ0n) is 45.4. The Hall–Kier alpha value is -1.69. The quantitative estimate of drug-likeness (QED) is 0.257. The maximum absolute atomic E-state index is 14.6. The molecule has 0 radical (unpaired) electrons. The molecule has 0 saturated carbocycles. The van der Waals surface area contributed by atoms with Gasteiger partial charge in [0.15, 0.2) is 17.4 Å². The molecule has 16 heterocycles. The Labute approximate surface area is 452 Å². The molecule has 2 unspecified atom stereocenters. The molecule has 0 amide bonds. The molecule has 0 aromatic heterocycles. The van der Waals surface area contributed by atoms with Crippen molar-refractivity contribution in [2.24, 2.45) is 23.7 Å². The van der Waals surface area contributed by atoms with E-state index >= 15 is 0 Å². The van der Waals surface area contributed by atoms with Crippen molar-refractivity contribution in [2.45, 2.75) is 307 Å². The fourth-order valence-electron chi connectivity index (χ4n) is 18.0. The zero-order chi connectivity index (χ0) is 52.4. The molecule has 428 valence electrons. The lowest BCUT2D eigenvalue weighted by Gasteiger charge is -2.54. The molecule has 31 atom stereocenters. The van der Waals surface area contributed by atoms with E-state index in [1.54, 1.807) is 0 Å². The average Bonchev–Trinajstić information content (AvgIpc) is 4.34. The third-order valence-electron chi connectivity index (χ3n) is 21.6. The number of hydrogen-bond donors (Lipinski definition) is 2. The van der Waals surface area contributed by atoms with Gasteiger partial charge in [0, 0.05) is 70.3 Å². The van der Waals surface area contributed by atoms with Gasteiger partial charge in [-0.25, -0.2) is 0 Å². The topological polar surface area (TPSA) is 196 Å². The fraction of sp³-hybridized carbons (Fsp3) is 0.915. The second-order valence-corrected chi connectivity index (χ2v) is 27.0. The van der Waals surface area contributed by atoms with Crippen LogP contribution in [-0.4, -0.2) is 187 Å². The number of hydrogen-bond acceptors (Lipinski definition) is 18. The van der Waals surface area contributed by atoms with E-state index in [1.165, 1.54) is 0 Å². The predicted octanol–water partition coefficient (Wildman–Crippen LogP) is 5.56. The molecule has 0 aliphatic carbocycles. The third kappa shape index (κ3) is 8.95. The van der Waals surface area contributed by atoms with Crippen molar-refractivity contribution >= 4 is 5.97 Å². The molecule has 16 fully saturated rings. The van der Waals surface area contributed by atoms with Crippen LogP contribution < -0.4 is 0 Å². The van der Waals surface area contributed by atoms with Crippen LogP contribution in [0.25, 0.3) is 0 Å². The van der Waals surface area contributed by atoms with Crippen molar-refractivity contribution in [3.63, 3.8) is 0 Å². The summed E-state index contributed by atoms with van der Waals surface area (Å²) < 4.78 is 103. The van der Waals surface area contributed by atoms with Gasteiger partial charge in [0.05, 0.1) is 116 Å². The lowest BCUT2D eigenvalue weighted by molar-refractivity contribution is -0.371. The van der Waals surface area contributed by atoms with Gasteiger partial charge in [-0.3, -0.25) is 4.79 Å². The van der Waals surface area contributed by atoms with E-state index in [1.807, 2.05) is 0 Å². The maximum atomic E-state index is 14.6. The smallest absolute Gasteiger partial charge is 0.308 e. The number of fused-ring (bicyclic) bond motifs is 10. The molecule has 12 bridgehead atoms. The molecular formula is C59H84O18. The first-order chi connectivity index (χ1) is 37.1. The highest BCUT2D eigenvalue weighted by atomic mass is 16.8. The van der Waals surface area contributed by atoms with E-state index < -0.39 is 60.1 Å². The molecule has 16 aliphatic rings. The largest absolute Gasteiger partial charge is 0.459 e. The Morgan fingerprint density at radius 1 is 0.494 bits per heavy atom. The fourth-order valence-corrected chi connectivity index (χ4v) is 18.0. The summed E-state index contributed by atoms with van der Waals surface area (Å²) in [7, 11) is 0. The van der Waals surface area contributed by atoms with Gasteiger partial charge in [0.2, 0.25) is 0 Å². The van der Waals surface area contributed by atoms with Gasteiger partial charge >= 0.3 is 5.97 Å². The molecule has 3 spiro atoms. The number of carbonyl (C=O) groups excluding carboxylic acids is 1. The molecule has 0 aromatic rings. The summed E-state index contributed by atoms with van der Waals surface area (Å²) in [4.78, 5) is 14.6. The van der Waals surface area contributed by atoms with Crippen LogP contribution >= 0.6 is 0 Å². The molecule has 2 N–H and O–H groups in total. The molecular weight excluding hydrogens is 997 g/mol. The standard InChI is InChI=1S/C59H84O18/c1-26-15-32-7-9-36-27(2)16-34(63-36)11-13-57-24-45-53(76-57)54-55(70-45)56(77-57)52-38(68-54)10-8-33(65-52)17-47(62)71-51-31(6)50-42(66-41(51)19-39(64-32)30(26)5)20-40-44(69-50)23-59(72-40)25-46-49(75-59)29(4)22-58(74-46)21-28(3)48-43(73-58)18-35(61)37(67-48)12-14-60/h26,28-29,31-46,48-56,60-61H,2,5,7-25H2,1,3-4,6H3/t26-,28+,29+,31+,32+,33-,34+,35-,36+,37-,38+,39-,40-,41+,42+,43+,44-,45?,46+,48+,49+,50+,51-,52+,53?,54+,55-,56+,57+,58-,59+/m1/s1. The van der Waals surface area contributed by atoms with Crippen molar-refractivity contribution < 1.29 is 86.1 Å². The Kier molecular flexibility index (Phi) is 13.2. The monoisotopic (exact) mass is 1080 g/mol. The van der Waals surface area contributed by atoms with Gasteiger partial charge in [-0.2, -0.15) is 0 Å². The minimum atomic E-state index is -0.908. The lowest BCUT2D eigenvalue weighted by Crippen LogP contribution is -2.62. The number of esters is 1. The number of rotatable bonds is 2. The maximum Gasteiger partial charge on any atom is 0.308 e. The van der Waals surface area contributed by atoms with Crippen LogP contribution in [0, 0.1) is 23.7 Å². The molecule has 16 saturated heterocycles. The minimum absolute atomic E-state index is 0.0122. The Morgan fingerprint density at radius 3 is 2.03 bits per heavy atom. The Bertz CT molecular complexity index is 2290. The molecule has 18 heteroatoms. The molecule has 77 heavy (non-hydrogen) atoms. The van der Waals surface area contributed by atoms with Crippen LogP contribution in [0.3, 0.4) is 0 Å². The first kappa shape index (κ1) is 52.1. The molecule has 0 aromatic carbocycles. The molecule has 18 nitrogen and oxygen atoms in total. The van der Waals surface area contributed by atoms with Crippen LogP contribution in [0.4, 0.5) is 0 Å². The highest BCUT2D eigenvalue weighted by Gasteiger charge is 2.70. The van der Waals surface area contributed by atoms with E-state index in [0.29, 0.717) is 70.6 Å². The number of aliphatic hydroxyl groups is 2. The van der Waals surface area contributed by atoms with E-state index in [0.717, 1.165) is 49.7 Å². The first-order valence-corrected chi connectivity index (χ1v) is 30.2. The van der Waals surface area contributed by atoms with Gasteiger partial charge in [0.1, 0.15) is 36.6 Å². The van der Waals surface area contributed by atoms with E-state index in [4.69, 9.17) is 71.1 Å². The van der Waals surface area contributed by atoms with Gasteiger partial charge in [0.25, 0.3) is 0 Å². The summed E-state index contributed by atoms with van der Waals surface area (Å²) in [6.45, 7) is 17.8. The highest BCUT2D eigenvalue weighted by Crippen LogP contribution is 2.58. The molecule has 16 rings (SSSR count).